The van der Waals surface area contributed by atoms with Crippen molar-refractivity contribution >= 4 is 0 Å². The van der Waals surface area contributed by atoms with Gasteiger partial charge in [0.2, 0.25) is 0 Å². The smallest absolute Gasteiger partial charge is 0.0645 e. The highest BCUT2D eigenvalue weighted by Crippen LogP contribution is 2.31. The Morgan fingerprint density at radius 2 is 2.10 bits per heavy atom. The Kier molecular flexibility index (Phi) is 4.08. The standard InChI is InChI=1S/C17H24N4/c1-13-8-15(9-18)11-20(13)14(2)16-10-19-21(12-16)17-6-4-3-5-7-17/h3-7,10,12-15H,8-9,11,18H2,1-2H3. The van der Waals surface area contributed by atoms with Gasteiger partial charge in [0.1, 0.15) is 0 Å². The number of para-hydroxylation sites is 1. The molecule has 0 bridgehead atoms. The Hall–Kier alpha value is -1.65. The van der Waals surface area contributed by atoms with Crippen LogP contribution in [0.25, 0.3) is 5.69 Å². The molecule has 0 spiro atoms. The van der Waals surface area contributed by atoms with Crippen molar-refractivity contribution in [2.75, 3.05) is 13.1 Å². The van der Waals surface area contributed by atoms with Gasteiger partial charge in [-0.15, -0.1) is 0 Å². The van der Waals surface area contributed by atoms with Crippen LogP contribution < -0.4 is 5.73 Å². The summed E-state index contributed by atoms with van der Waals surface area (Å²) >= 11 is 0. The summed E-state index contributed by atoms with van der Waals surface area (Å²) in [5.41, 5.74) is 8.20. The maximum absolute atomic E-state index is 5.83. The van der Waals surface area contributed by atoms with Gasteiger partial charge in [0.05, 0.1) is 11.9 Å². The Balaban J connectivity index is 1.77. The van der Waals surface area contributed by atoms with Crippen LogP contribution in [0.1, 0.15) is 31.9 Å². The molecule has 1 aromatic carbocycles. The van der Waals surface area contributed by atoms with Gasteiger partial charge < -0.3 is 5.73 Å². The molecule has 4 nitrogen and oxygen atoms in total. The van der Waals surface area contributed by atoms with E-state index < -0.39 is 0 Å². The first kappa shape index (κ1) is 14.3. The van der Waals surface area contributed by atoms with E-state index >= 15 is 0 Å². The number of likely N-dealkylation sites (tertiary alicyclic amines) is 1. The molecule has 3 atom stereocenters. The second kappa shape index (κ2) is 6.00. The normalized spacial score (nSPS) is 24.3. The van der Waals surface area contributed by atoms with Gasteiger partial charge >= 0.3 is 0 Å². The van der Waals surface area contributed by atoms with E-state index in [4.69, 9.17) is 5.73 Å². The van der Waals surface area contributed by atoms with Crippen molar-refractivity contribution in [3.05, 3.63) is 48.3 Å². The van der Waals surface area contributed by atoms with Gasteiger partial charge in [0, 0.05) is 30.4 Å². The summed E-state index contributed by atoms with van der Waals surface area (Å²) in [6, 6.07) is 11.2. The van der Waals surface area contributed by atoms with Crippen LogP contribution in [0.15, 0.2) is 42.7 Å². The van der Waals surface area contributed by atoms with Crippen molar-refractivity contribution in [3.63, 3.8) is 0 Å². The minimum atomic E-state index is 0.383. The van der Waals surface area contributed by atoms with Crippen molar-refractivity contribution in [1.82, 2.24) is 14.7 Å². The maximum Gasteiger partial charge on any atom is 0.0645 e. The largest absolute Gasteiger partial charge is 0.330 e. The summed E-state index contributed by atoms with van der Waals surface area (Å²) in [4.78, 5) is 2.55. The van der Waals surface area contributed by atoms with Crippen molar-refractivity contribution in [2.45, 2.75) is 32.4 Å². The lowest BCUT2D eigenvalue weighted by molar-refractivity contribution is 0.200. The number of rotatable bonds is 4. The van der Waals surface area contributed by atoms with Crippen molar-refractivity contribution in [2.24, 2.45) is 11.7 Å². The molecule has 1 aromatic heterocycles. The first-order valence-corrected chi connectivity index (χ1v) is 7.75. The minimum Gasteiger partial charge on any atom is -0.330 e. The van der Waals surface area contributed by atoms with Crippen LogP contribution in [0.5, 0.6) is 0 Å². The predicted molar refractivity (Wildman–Crippen MR) is 85.3 cm³/mol. The highest BCUT2D eigenvalue weighted by atomic mass is 15.3. The molecular formula is C17H24N4. The number of nitrogens with zero attached hydrogens (tertiary/aromatic N) is 3. The van der Waals surface area contributed by atoms with E-state index in [1.54, 1.807) is 0 Å². The molecule has 1 aliphatic heterocycles. The molecule has 1 saturated heterocycles. The van der Waals surface area contributed by atoms with Crippen LogP contribution in [0, 0.1) is 5.92 Å². The third kappa shape index (κ3) is 2.87. The second-order valence-electron chi connectivity index (χ2n) is 6.11. The lowest BCUT2D eigenvalue weighted by Crippen LogP contribution is -2.30. The molecule has 1 fully saturated rings. The average Bonchev–Trinajstić information content (AvgIpc) is 3.14. The monoisotopic (exact) mass is 284 g/mol. The molecule has 0 aliphatic carbocycles. The molecule has 0 amide bonds. The summed E-state index contributed by atoms with van der Waals surface area (Å²) in [6.07, 6.45) is 5.33. The Labute approximate surface area is 126 Å². The molecule has 112 valence electrons. The molecular weight excluding hydrogens is 260 g/mol. The van der Waals surface area contributed by atoms with Gasteiger partial charge in [-0.05, 0) is 44.9 Å². The number of aromatic nitrogens is 2. The van der Waals surface area contributed by atoms with Gasteiger partial charge in [0.25, 0.3) is 0 Å². The number of benzene rings is 1. The van der Waals surface area contributed by atoms with E-state index in [-0.39, 0.29) is 0 Å². The van der Waals surface area contributed by atoms with Gasteiger partial charge in [-0.3, -0.25) is 4.90 Å². The maximum atomic E-state index is 5.83. The molecule has 3 unspecified atom stereocenters. The van der Waals surface area contributed by atoms with Crippen molar-refractivity contribution in [1.29, 1.82) is 0 Å². The topological polar surface area (TPSA) is 47.1 Å². The third-order valence-electron chi connectivity index (χ3n) is 4.65. The zero-order valence-corrected chi connectivity index (χ0v) is 12.8. The van der Waals surface area contributed by atoms with Crippen LogP contribution in [0.2, 0.25) is 0 Å². The number of hydrogen-bond donors (Lipinski definition) is 1. The summed E-state index contributed by atoms with van der Waals surface area (Å²) < 4.78 is 1.95. The Morgan fingerprint density at radius 3 is 2.76 bits per heavy atom. The lowest BCUT2D eigenvalue weighted by Gasteiger charge is -2.27. The first-order chi connectivity index (χ1) is 10.2. The molecule has 0 saturated carbocycles. The quantitative estimate of drug-likeness (QED) is 0.939. The Bertz CT molecular complexity index is 577. The highest BCUT2D eigenvalue weighted by molar-refractivity contribution is 5.31. The molecule has 4 heteroatoms. The van der Waals surface area contributed by atoms with E-state index in [1.807, 2.05) is 29.1 Å². The fourth-order valence-electron chi connectivity index (χ4n) is 3.35. The fraction of sp³-hybridized carbons (Fsp3) is 0.471. The van der Waals surface area contributed by atoms with Crippen LogP contribution >= 0.6 is 0 Å². The highest BCUT2D eigenvalue weighted by Gasteiger charge is 2.32. The first-order valence-electron chi connectivity index (χ1n) is 7.75. The van der Waals surface area contributed by atoms with Crippen LogP contribution in [-0.2, 0) is 0 Å². The molecule has 2 N–H and O–H groups in total. The Morgan fingerprint density at radius 1 is 1.33 bits per heavy atom. The van der Waals surface area contributed by atoms with Crippen LogP contribution in [-0.4, -0.2) is 33.8 Å². The van der Waals surface area contributed by atoms with Crippen LogP contribution in [0.3, 0.4) is 0 Å². The number of hydrogen-bond acceptors (Lipinski definition) is 3. The molecule has 2 heterocycles. The van der Waals surface area contributed by atoms with Gasteiger partial charge in [0.15, 0.2) is 0 Å². The second-order valence-corrected chi connectivity index (χ2v) is 6.11. The summed E-state index contributed by atoms with van der Waals surface area (Å²) in [7, 11) is 0. The fourth-order valence-corrected chi connectivity index (χ4v) is 3.35. The van der Waals surface area contributed by atoms with E-state index in [2.05, 4.69) is 42.2 Å². The van der Waals surface area contributed by atoms with E-state index in [9.17, 15) is 0 Å². The SMILES string of the molecule is CC1CC(CN)CN1C(C)c1cnn(-c2ccccc2)c1. The molecule has 21 heavy (non-hydrogen) atoms. The molecule has 0 radical (unpaired) electrons. The minimum absolute atomic E-state index is 0.383. The molecule has 2 aromatic rings. The van der Waals surface area contributed by atoms with E-state index in [0.717, 1.165) is 18.8 Å². The van der Waals surface area contributed by atoms with E-state index in [1.165, 1.54) is 12.0 Å². The zero-order valence-electron chi connectivity index (χ0n) is 12.8. The summed E-state index contributed by atoms with van der Waals surface area (Å²) in [6.45, 7) is 6.45. The van der Waals surface area contributed by atoms with Gasteiger partial charge in [-0.2, -0.15) is 5.10 Å². The predicted octanol–water partition coefficient (Wildman–Crippen LogP) is 2.60. The van der Waals surface area contributed by atoms with Gasteiger partial charge in [-0.1, -0.05) is 18.2 Å². The summed E-state index contributed by atoms with van der Waals surface area (Å²) in [5.74, 6) is 0.631. The molecule has 1 aliphatic rings. The lowest BCUT2D eigenvalue weighted by atomic mass is 10.1. The van der Waals surface area contributed by atoms with Crippen molar-refractivity contribution in [3.8, 4) is 5.69 Å². The zero-order chi connectivity index (χ0) is 14.8. The van der Waals surface area contributed by atoms with Gasteiger partial charge in [-0.25, -0.2) is 4.68 Å². The van der Waals surface area contributed by atoms with Crippen LogP contribution in [0.4, 0.5) is 0 Å². The summed E-state index contributed by atoms with van der Waals surface area (Å²) in [5, 5.41) is 4.51. The number of nitrogens with two attached hydrogens (primary N) is 1. The molecule has 3 rings (SSSR count). The average molecular weight is 284 g/mol. The van der Waals surface area contributed by atoms with E-state index in [0.29, 0.717) is 18.0 Å². The van der Waals surface area contributed by atoms with Crippen molar-refractivity contribution < 1.29 is 0 Å². The third-order valence-corrected chi connectivity index (χ3v) is 4.65.